The van der Waals surface area contributed by atoms with Crippen LogP contribution in [-0.4, -0.2) is 66.3 Å². The monoisotopic (exact) mass is 363 g/mol. The fraction of sp³-hybridized carbons (Fsp3) is 0.412. The van der Waals surface area contributed by atoms with Gasteiger partial charge in [-0.05, 0) is 29.9 Å². The molecule has 2 amide bonds. The SMILES string of the molecule is CN(CC(=O)N1CCN(C(=O)c2cccs2)CC1)Cc1cccs1. The van der Waals surface area contributed by atoms with E-state index in [-0.39, 0.29) is 11.8 Å². The number of hydrogen-bond donors (Lipinski definition) is 0. The molecule has 1 fully saturated rings. The van der Waals surface area contributed by atoms with Gasteiger partial charge in [0.05, 0.1) is 11.4 Å². The average molecular weight is 364 g/mol. The van der Waals surface area contributed by atoms with Crippen molar-refractivity contribution >= 4 is 34.5 Å². The quantitative estimate of drug-likeness (QED) is 0.818. The van der Waals surface area contributed by atoms with Gasteiger partial charge in [-0.25, -0.2) is 0 Å². The van der Waals surface area contributed by atoms with E-state index in [1.54, 1.807) is 11.3 Å². The van der Waals surface area contributed by atoms with Gasteiger partial charge in [-0.3, -0.25) is 14.5 Å². The number of likely N-dealkylation sites (N-methyl/N-ethyl adjacent to an activating group) is 1. The molecule has 0 spiro atoms. The van der Waals surface area contributed by atoms with Crippen LogP contribution in [0.25, 0.3) is 0 Å². The van der Waals surface area contributed by atoms with Gasteiger partial charge in [0.15, 0.2) is 0 Å². The first kappa shape index (κ1) is 17.1. The first-order chi connectivity index (χ1) is 11.6. The molecule has 1 aliphatic heterocycles. The highest BCUT2D eigenvalue weighted by molar-refractivity contribution is 7.12. The average Bonchev–Trinajstić information content (AvgIpc) is 3.27. The molecule has 2 aromatic rings. The van der Waals surface area contributed by atoms with Crippen LogP contribution in [0.15, 0.2) is 35.0 Å². The zero-order valence-corrected chi connectivity index (χ0v) is 15.3. The van der Waals surface area contributed by atoms with Crippen molar-refractivity contribution in [2.45, 2.75) is 6.54 Å². The summed E-state index contributed by atoms with van der Waals surface area (Å²) in [7, 11) is 1.97. The standard InChI is InChI=1S/C17H21N3O2S2/c1-18(12-14-4-2-10-23-14)13-16(21)19-6-8-20(9-7-19)17(22)15-5-3-11-24-15/h2-5,10-11H,6-9,12-13H2,1H3. The van der Waals surface area contributed by atoms with Gasteiger partial charge in [-0.2, -0.15) is 0 Å². The fourth-order valence-corrected chi connectivity index (χ4v) is 4.25. The van der Waals surface area contributed by atoms with E-state index in [0.717, 1.165) is 11.4 Å². The van der Waals surface area contributed by atoms with Crippen LogP contribution in [0.4, 0.5) is 0 Å². The van der Waals surface area contributed by atoms with E-state index in [9.17, 15) is 9.59 Å². The second-order valence-corrected chi connectivity index (χ2v) is 7.88. The van der Waals surface area contributed by atoms with Crippen molar-refractivity contribution in [1.82, 2.24) is 14.7 Å². The van der Waals surface area contributed by atoms with Gasteiger partial charge in [0, 0.05) is 37.6 Å². The van der Waals surface area contributed by atoms with Gasteiger partial charge in [-0.15, -0.1) is 22.7 Å². The van der Waals surface area contributed by atoms with Crippen LogP contribution < -0.4 is 0 Å². The van der Waals surface area contributed by atoms with Crippen molar-refractivity contribution in [3.05, 3.63) is 44.8 Å². The topological polar surface area (TPSA) is 43.9 Å². The third kappa shape index (κ3) is 4.23. The Morgan fingerprint density at radius 2 is 1.71 bits per heavy atom. The Morgan fingerprint density at radius 3 is 2.33 bits per heavy atom. The number of nitrogens with zero attached hydrogens (tertiary/aromatic N) is 3. The van der Waals surface area contributed by atoms with Gasteiger partial charge in [0.25, 0.3) is 5.91 Å². The van der Waals surface area contributed by atoms with E-state index in [2.05, 4.69) is 11.4 Å². The number of rotatable bonds is 5. The van der Waals surface area contributed by atoms with Crippen LogP contribution in [0.3, 0.4) is 0 Å². The van der Waals surface area contributed by atoms with Gasteiger partial charge < -0.3 is 9.80 Å². The van der Waals surface area contributed by atoms with Crippen molar-refractivity contribution in [3.63, 3.8) is 0 Å². The number of piperazine rings is 1. The van der Waals surface area contributed by atoms with E-state index >= 15 is 0 Å². The molecule has 24 heavy (non-hydrogen) atoms. The minimum absolute atomic E-state index is 0.0758. The summed E-state index contributed by atoms with van der Waals surface area (Å²) in [5.41, 5.74) is 0. The third-order valence-electron chi connectivity index (χ3n) is 4.06. The smallest absolute Gasteiger partial charge is 0.264 e. The molecule has 128 valence electrons. The normalized spacial score (nSPS) is 15.1. The first-order valence-electron chi connectivity index (χ1n) is 7.95. The van der Waals surface area contributed by atoms with Crippen molar-refractivity contribution < 1.29 is 9.59 Å². The lowest BCUT2D eigenvalue weighted by Crippen LogP contribution is -2.52. The molecule has 0 aliphatic carbocycles. The van der Waals surface area contributed by atoms with Crippen molar-refractivity contribution in [2.24, 2.45) is 0 Å². The molecule has 1 saturated heterocycles. The van der Waals surface area contributed by atoms with Crippen LogP contribution >= 0.6 is 22.7 Å². The van der Waals surface area contributed by atoms with Crippen LogP contribution in [0.2, 0.25) is 0 Å². The van der Waals surface area contributed by atoms with E-state index in [4.69, 9.17) is 0 Å². The largest absolute Gasteiger partial charge is 0.338 e. The molecule has 0 unspecified atom stereocenters. The third-order valence-corrected chi connectivity index (χ3v) is 5.78. The minimum atomic E-state index is 0.0758. The maximum atomic E-state index is 12.4. The Bertz CT molecular complexity index is 662. The summed E-state index contributed by atoms with van der Waals surface area (Å²) in [5.74, 6) is 0.212. The van der Waals surface area contributed by atoms with E-state index in [1.807, 2.05) is 45.3 Å². The number of carbonyl (C=O) groups excluding carboxylic acids is 2. The summed E-state index contributed by atoms with van der Waals surface area (Å²) in [4.78, 5) is 32.5. The summed E-state index contributed by atoms with van der Waals surface area (Å²) < 4.78 is 0. The van der Waals surface area contributed by atoms with Crippen LogP contribution in [0, 0.1) is 0 Å². The number of hydrogen-bond acceptors (Lipinski definition) is 5. The zero-order chi connectivity index (χ0) is 16.9. The lowest BCUT2D eigenvalue weighted by Gasteiger charge is -2.35. The van der Waals surface area contributed by atoms with Gasteiger partial charge in [0.1, 0.15) is 0 Å². The minimum Gasteiger partial charge on any atom is -0.338 e. The first-order valence-corrected chi connectivity index (χ1v) is 9.71. The molecular formula is C17H21N3O2S2. The molecule has 0 aromatic carbocycles. The Balaban J connectivity index is 1.45. The molecule has 1 aliphatic rings. The molecule has 0 bridgehead atoms. The maximum Gasteiger partial charge on any atom is 0.264 e. The molecule has 0 atom stereocenters. The molecule has 2 aromatic heterocycles. The van der Waals surface area contributed by atoms with Gasteiger partial charge >= 0.3 is 0 Å². The van der Waals surface area contributed by atoms with E-state index < -0.39 is 0 Å². The Labute approximate surface area is 150 Å². The Morgan fingerprint density at radius 1 is 1.04 bits per heavy atom. The molecule has 5 nitrogen and oxygen atoms in total. The summed E-state index contributed by atoms with van der Waals surface area (Å²) >= 11 is 3.17. The Kier molecular flexibility index (Phi) is 5.65. The highest BCUT2D eigenvalue weighted by Gasteiger charge is 2.25. The van der Waals surface area contributed by atoms with E-state index in [1.165, 1.54) is 16.2 Å². The van der Waals surface area contributed by atoms with Gasteiger partial charge in [-0.1, -0.05) is 12.1 Å². The van der Waals surface area contributed by atoms with Crippen molar-refractivity contribution in [2.75, 3.05) is 39.8 Å². The molecule has 3 heterocycles. The Hall–Kier alpha value is -1.70. The lowest BCUT2D eigenvalue weighted by molar-refractivity contribution is -0.133. The van der Waals surface area contributed by atoms with Crippen molar-refractivity contribution in [1.29, 1.82) is 0 Å². The molecule has 7 heteroatoms. The zero-order valence-electron chi connectivity index (χ0n) is 13.7. The molecule has 3 rings (SSSR count). The molecular weight excluding hydrogens is 342 g/mol. The van der Waals surface area contributed by atoms with E-state index in [0.29, 0.717) is 32.7 Å². The van der Waals surface area contributed by atoms with Gasteiger partial charge in [0.2, 0.25) is 5.91 Å². The molecule has 0 N–H and O–H groups in total. The van der Waals surface area contributed by atoms with Crippen LogP contribution in [0.1, 0.15) is 14.5 Å². The molecule has 0 radical (unpaired) electrons. The lowest BCUT2D eigenvalue weighted by atomic mass is 10.2. The predicted octanol–water partition coefficient (Wildman–Crippen LogP) is 2.23. The predicted molar refractivity (Wildman–Crippen MR) is 97.5 cm³/mol. The fourth-order valence-electron chi connectivity index (χ4n) is 2.77. The number of thiophene rings is 2. The summed E-state index contributed by atoms with van der Waals surface area (Å²) in [6.45, 7) is 3.65. The highest BCUT2D eigenvalue weighted by atomic mass is 32.1. The van der Waals surface area contributed by atoms with Crippen LogP contribution in [0.5, 0.6) is 0 Å². The summed E-state index contributed by atoms with van der Waals surface area (Å²) in [6.07, 6.45) is 0. The summed E-state index contributed by atoms with van der Waals surface area (Å²) in [6, 6.07) is 7.85. The summed E-state index contributed by atoms with van der Waals surface area (Å²) in [5, 5.41) is 3.96. The van der Waals surface area contributed by atoms with Crippen LogP contribution in [-0.2, 0) is 11.3 Å². The maximum absolute atomic E-state index is 12.4. The van der Waals surface area contributed by atoms with Crippen molar-refractivity contribution in [3.8, 4) is 0 Å². The second-order valence-electron chi connectivity index (χ2n) is 5.90. The molecule has 0 saturated carbocycles. The number of amides is 2. The highest BCUT2D eigenvalue weighted by Crippen LogP contribution is 2.14. The second kappa shape index (κ2) is 7.92. The number of carbonyl (C=O) groups is 2.